The van der Waals surface area contributed by atoms with Gasteiger partial charge in [0.1, 0.15) is 0 Å². The van der Waals surface area contributed by atoms with Crippen LogP contribution in [0.3, 0.4) is 0 Å². The van der Waals surface area contributed by atoms with Crippen LogP contribution >= 0.6 is 22.9 Å². The smallest absolute Gasteiger partial charge is 0.333 e. The first-order chi connectivity index (χ1) is 14.3. The summed E-state index contributed by atoms with van der Waals surface area (Å²) in [5.74, 6) is -0.552. The Kier molecular flexibility index (Phi) is 5.42. The molecule has 0 saturated carbocycles. The Labute approximate surface area is 180 Å². The van der Waals surface area contributed by atoms with E-state index in [4.69, 9.17) is 11.6 Å². The van der Waals surface area contributed by atoms with Gasteiger partial charge in [0.15, 0.2) is 5.69 Å². The molecule has 0 N–H and O–H groups in total. The molecule has 3 heterocycles. The average Bonchev–Trinajstić information content (AvgIpc) is 3.12. The number of carbonyl (C=O) groups is 1. The zero-order chi connectivity index (χ0) is 21.5. The highest BCUT2D eigenvalue weighted by Gasteiger charge is 2.37. The van der Waals surface area contributed by atoms with Crippen LogP contribution in [0.4, 0.5) is 13.2 Å². The second-order valence-corrected chi connectivity index (χ2v) is 8.66. The third-order valence-corrected chi connectivity index (χ3v) is 6.38. The molecule has 8 heteroatoms. The van der Waals surface area contributed by atoms with Crippen molar-refractivity contribution in [3.8, 4) is 11.1 Å². The lowest BCUT2D eigenvalue weighted by Crippen LogP contribution is -2.37. The van der Waals surface area contributed by atoms with Gasteiger partial charge in [0.25, 0.3) is 0 Å². The average molecular weight is 449 g/mol. The quantitative estimate of drug-likeness (QED) is 0.451. The Morgan fingerprint density at radius 2 is 1.93 bits per heavy atom. The van der Waals surface area contributed by atoms with Crippen LogP contribution in [0.2, 0.25) is 4.34 Å². The molecule has 3 nitrogen and oxygen atoms in total. The van der Waals surface area contributed by atoms with Crippen molar-refractivity contribution < 1.29 is 18.0 Å². The van der Waals surface area contributed by atoms with Crippen LogP contribution in [0.1, 0.15) is 27.6 Å². The molecule has 1 unspecified atom stereocenters. The molecular formula is C22H16ClF3N2OS. The summed E-state index contributed by atoms with van der Waals surface area (Å²) in [4.78, 5) is 18.5. The van der Waals surface area contributed by atoms with E-state index >= 15 is 0 Å². The van der Waals surface area contributed by atoms with E-state index in [0.717, 1.165) is 16.6 Å². The molecule has 0 spiro atoms. The number of hydrogen-bond donors (Lipinski definition) is 0. The number of carbonyl (C=O) groups excluding carboxylic acids is 1. The summed E-state index contributed by atoms with van der Waals surface area (Å²) in [5, 5.41) is 0. The number of aromatic nitrogens is 1. The molecule has 0 radical (unpaired) electrons. The van der Waals surface area contributed by atoms with Crippen LogP contribution in [0.25, 0.3) is 11.1 Å². The summed E-state index contributed by atoms with van der Waals surface area (Å²) in [5.41, 5.74) is 1.13. The summed E-state index contributed by atoms with van der Waals surface area (Å²) in [7, 11) is 0. The predicted molar refractivity (Wildman–Crippen MR) is 111 cm³/mol. The maximum absolute atomic E-state index is 13.6. The topological polar surface area (TPSA) is 33.2 Å². The number of rotatable bonds is 3. The van der Waals surface area contributed by atoms with Crippen LogP contribution in [0.5, 0.6) is 0 Å². The van der Waals surface area contributed by atoms with Crippen molar-refractivity contribution in [3.63, 3.8) is 0 Å². The van der Waals surface area contributed by atoms with Crippen molar-refractivity contribution in [2.24, 2.45) is 0 Å². The molecule has 2 aromatic heterocycles. The van der Waals surface area contributed by atoms with Gasteiger partial charge in [-0.05, 0) is 34.9 Å². The lowest BCUT2D eigenvalue weighted by Gasteiger charge is -2.33. The van der Waals surface area contributed by atoms with Gasteiger partial charge in [0.05, 0.1) is 10.9 Å². The van der Waals surface area contributed by atoms with Crippen LogP contribution in [0.15, 0.2) is 61.3 Å². The largest absolute Gasteiger partial charge is 0.433 e. The maximum atomic E-state index is 13.6. The van der Waals surface area contributed by atoms with Gasteiger partial charge in [0, 0.05) is 29.1 Å². The molecule has 1 amide bonds. The summed E-state index contributed by atoms with van der Waals surface area (Å²) in [6, 6.07) is 11.7. The minimum Gasteiger partial charge on any atom is -0.333 e. The van der Waals surface area contributed by atoms with Gasteiger partial charge in [-0.1, -0.05) is 48.5 Å². The van der Waals surface area contributed by atoms with Gasteiger partial charge in [-0.25, -0.2) is 0 Å². The molecule has 1 aliphatic rings. The minimum atomic E-state index is -4.59. The van der Waals surface area contributed by atoms with Crippen molar-refractivity contribution >= 4 is 28.8 Å². The molecule has 1 aliphatic heterocycles. The molecule has 0 saturated heterocycles. The van der Waals surface area contributed by atoms with Crippen molar-refractivity contribution in [1.29, 1.82) is 0 Å². The Morgan fingerprint density at radius 3 is 2.67 bits per heavy atom. The Balaban J connectivity index is 1.89. The van der Waals surface area contributed by atoms with E-state index in [2.05, 4.69) is 11.6 Å². The zero-order valence-electron chi connectivity index (χ0n) is 15.6. The number of pyridine rings is 1. The van der Waals surface area contributed by atoms with Gasteiger partial charge < -0.3 is 4.90 Å². The molecule has 0 aliphatic carbocycles. The normalized spacial score (nSPS) is 16.3. The molecule has 30 heavy (non-hydrogen) atoms. The van der Waals surface area contributed by atoms with E-state index in [9.17, 15) is 18.0 Å². The molecule has 1 aromatic carbocycles. The third kappa shape index (κ3) is 3.75. The van der Waals surface area contributed by atoms with E-state index in [1.54, 1.807) is 29.2 Å². The van der Waals surface area contributed by atoms with E-state index in [1.807, 2.05) is 6.07 Å². The number of alkyl halides is 3. The van der Waals surface area contributed by atoms with Gasteiger partial charge in [0.2, 0.25) is 5.91 Å². The van der Waals surface area contributed by atoms with Crippen molar-refractivity contribution in [3.05, 3.63) is 87.4 Å². The van der Waals surface area contributed by atoms with E-state index in [-0.39, 0.29) is 17.4 Å². The second-order valence-electron chi connectivity index (χ2n) is 6.89. The van der Waals surface area contributed by atoms with Gasteiger partial charge in [-0.15, -0.1) is 11.3 Å². The van der Waals surface area contributed by atoms with Crippen LogP contribution in [-0.4, -0.2) is 22.3 Å². The van der Waals surface area contributed by atoms with Gasteiger partial charge in [-0.2, -0.15) is 13.2 Å². The Morgan fingerprint density at radius 1 is 1.20 bits per heavy atom. The lowest BCUT2D eigenvalue weighted by molar-refractivity contribution is -0.140. The summed E-state index contributed by atoms with van der Waals surface area (Å²) < 4.78 is 41.4. The molecule has 4 rings (SSSR count). The zero-order valence-corrected chi connectivity index (χ0v) is 17.2. The molecule has 3 aromatic rings. The van der Waals surface area contributed by atoms with Gasteiger partial charge in [-0.3, -0.25) is 9.78 Å². The van der Waals surface area contributed by atoms with E-state index in [0.29, 0.717) is 28.6 Å². The summed E-state index contributed by atoms with van der Waals surface area (Å²) in [6.07, 6.45) is -2.21. The molecule has 0 fully saturated rings. The standard InChI is InChI=1S/C22H16ClF3N2OS/c1-2-20(29)28-11-17(16-10-19(23)30-18(16)12-28)14-7-4-3-6-13(14)15-8-5-9-27-21(15)22(24,25)26/h2-10,17H,1,11-12H2. The van der Waals surface area contributed by atoms with Crippen molar-refractivity contribution in [2.75, 3.05) is 6.54 Å². The monoisotopic (exact) mass is 448 g/mol. The number of fused-ring (bicyclic) bond motifs is 1. The van der Waals surface area contributed by atoms with E-state index < -0.39 is 11.9 Å². The summed E-state index contributed by atoms with van der Waals surface area (Å²) in [6.45, 7) is 4.27. The summed E-state index contributed by atoms with van der Waals surface area (Å²) >= 11 is 7.62. The molecular weight excluding hydrogens is 433 g/mol. The molecule has 154 valence electrons. The van der Waals surface area contributed by atoms with Crippen molar-refractivity contribution in [1.82, 2.24) is 9.88 Å². The molecule has 1 atom stereocenters. The highest BCUT2D eigenvalue weighted by atomic mass is 35.5. The Hall–Kier alpha value is -2.64. The Bertz CT molecular complexity index is 1130. The predicted octanol–water partition coefficient (Wildman–Crippen LogP) is 6.14. The van der Waals surface area contributed by atoms with Crippen LogP contribution in [-0.2, 0) is 17.5 Å². The van der Waals surface area contributed by atoms with Crippen LogP contribution in [0, 0.1) is 0 Å². The number of benzene rings is 1. The number of amides is 1. The fourth-order valence-electron chi connectivity index (χ4n) is 3.84. The van der Waals surface area contributed by atoms with Crippen molar-refractivity contribution in [2.45, 2.75) is 18.6 Å². The second kappa shape index (κ2) is 7.89. The number of hydrogen-bond acceptors (Lipinski definition) is 3. The minimum absolute atomic E-state index is 0.00986. The van der Waals surface area contributed by atoms with E-state index in [1.165, 1.54) is 29.5 Å². The lowest BCUT2D eigenvalue weighted by atomic mass is 9.83. The highest BCUT2D eigenvalue weighted by Crippen LogP contribution is 2.44. The highest BCUT2D eigenvalue weighted by molar-refractivity contribution is 7.16. The fraction of sp³-hybridized carbons (Fsp3) is 0.182. The first-order valence-corrected chi connectivity index (χ1v) is 10.3. The van der Waals surface area contributed by atoms with Gasteiger partial charge >= 0.3 is 6.18 Å². The fourth-order valence-corrected chi connectivity index (χ4v) is 5.20. The third-order valence-electron chi connectivity index (χ3n) is 5.11. The molecule has 0 bridgehead atoms. The SMILES string of the molecule is C=CC(=O)N1Cc2sc(Cl)cc2C(c2ccccc2-c2cccnc2C(F)(F)F)C1. The number of nitrogens with zero attached hydrogens (tertiary/aromatic N) is 2. The first kappa shape index (κ1) is 20.6. The first-order valence-electron chi connectivity index (χ1n) is 9.10. The number of halogens is 4. The van der Waals surface area contributed by atoms with Crippen LogP contribution < -0.4 is 0 Å². The number of thiophene rings is 1. The maximum Gasteiger partial charge on any atom is 0.433 e.